The SMILES string of the molecule is COCCOCCOCCOCCOCl. The number of ether oxygens (including phenoxy) is 4. The molecule has 92 valence electrons. The molecule has 0 radical (unpaired) electrons. The van der Waals surface area contributed by atoms with Gasteiger partial charge in [0.05, 0.1) is 64.7 Å². The molecule has 0 saturated carbocycles. The van der Waals surface area contributed by atoms with Crippen LogP contribution in [0, 0.1) is 0 Å². The zero-order valence-electron chi connectivity index (χ0n) is 9.08. The van der Waals surface area contributed by atoms with Crippen LogP contribution >= 0.6 is 11.9 Å². The van der Waals surface area contributed by atoms with Gasteiger partial charge in [-0.25, -0.2) is 0 Å². The van der Waals surface area contributed by atoms with Gasteiger partial charge in [-0.2, -0.15) is 0 Å². The van der Waals surface area contributed by atoms with Crippen molar-refractivity contribution in [1.29, 1.82) is 0 Å². The number of hydrogen-bond acceptors (Lipinski definition) is 5. The lowest BCUT2D eigenvalue weighted by atomic mass is 10.7. The average molecular weight is 243 g/mol. The van der Waals surface area contributed by atoms with E-state index >= 15 is 0 Å². The molecular formula is C9H19ClO5. The molecule has 0 aliphatic rings. The summed E-state index contributed by atoms with van der Waals surface area (Å²) in [4.78, 5) is 0. The maximum atomic E-state index is 5.23. The van der Waals surface area contributed by atoms with Crippen LogP contribution in [0.3, 0.4) is 0 Å². The Hall–Kier alpha value is 0.0900. The summed E-state index contributed by atoms with van der Waals surface area (Å²) in [6.07, 6.45) is 0. The summed E-state index contributed by atoms with van der Waals surface area (Å²) in [5, 5.41) is 0. The third-order valence-corrected chi connectivity index (χ3v) is 1.63. The Bertz CT molecular complexity index is 103. The van der Waals surface area contributed by atoms with Crippen LogP contribution in [-0.4, -0.2) is 60.0 Å². The van der Waals surface area contributed by atoms with Crippen molar-refractivity contribution in [2.24, 2.45) is 0 Å². The summed E-state index contributed by atoms with van der Waals surface area (Å²) < 4.78 is 24.7. The molecule has 0 heterocycles. The van der Waals surface area contributed by atoms with Gasteiger partial charge in [-0.05, 0) is 0 Å². The molecule has 0 unspecified atom stereocenters. The quantitative estimate of drug-likeness (QED) is 0.475. The summed E-state index contributed by atoms with van der Waals surface area (Å²) in [5.41, 5.74) is 0. The highest BCUT2D eigenvalue weighted by Crippen LogP contribution is 1.83. The molecule has 0 saturated heterocycles. The first-order valence-electron chi connectivity index (χ1n) is 4.87. The number of hydrogen-bond donors (Lipinski definition) is 0. The van der Waals surface area contributed by atoms with Gasteiger partial charge in [-0.1, -0.05) is 0 Å². The molecule has 0 aromatic rings. The highest BCUT2D eigenvalue weighted by atomic mass is 35.5. The monoisotopic (exact) mass is 242 g/mol. The fourth-order valence-electron chi connectivity index (χ4n) is 0.775. The molecule has 0 aromatic heterocycles. The lowest BCUT2D eigenvalue weighted by molar-refractivity contribution is 0.000485. The normalized spacial score (nSPS) is 10.8. The van der Waals surface area contributed by atoms with Gasteiger partial charge in [-0.15, -0.1) is 0 Å². The van der Waals surface area contributed by atoms with E-state index in [1.807, 2.05) is 0 Å². The highest BCUT2D eigenvalue weighted by Gasteiger charge is 1.91. The Morgan fingerprint density at radius 1 is 0.667 bits per heavy atom. The predicted molar refractivity (Wildman–Crippen MR) is 56.1 cm³/mol. The molecule has 0 bridgehead atoms. The van der Waals surface area contributed by atoms with Gasteiger partial charge in [-0.3, -0.25) is 4.29 Å². The second-order valence-corrected chi connectivity index (χ2v) is 2.86. The minimum atomic E-state index is 0.391. The largest absolute Gasteiger partial charge is 0.382 e. The standard InChI is InChI=1S/C9H19ClO5/c1-11-2-3-12-4-5-13-6-7-14-8-9-15-10/h2-9H2,1H3. The van der Waals surface area contributed by atoms with Crippen molar-refractivity contribution in [3.8, 4) is 0 Å². The first-order valence-corrected chi connectivity index (χ1v) is 5.18. The van der Waals surface area contributed by atoms with Gasteiger partial charge in [0, 0.05) is 7.11 Å². The summed E-state index contributed by atoms with van der Waals surface area (Å²) >= 11 is 4.99. The molecule has 0 N–H and O–H groups in total. The van der Waals surface area contributed by atoms with Crippen LogP contribution in [0.25, 0.3) is 0 Å². The zero-order chi connectivity index (χ0) is 11.2. The van der Waals surface area contributed by atoms with E-state index in [0.717, 1.165) is 0 Å². The topological polar surface area (TPSA) is 46.2 Å². The van der Waals surface area contributed by atoms with Crippen LogP contribution in [0.5, 0.6) is 0 Å². The van der Waals surface area contributed by atoms with Crippen molar-refractivity contribution >= 4 is 11.9 Å². The number of halogens is 1. The van der Waals surface area contributed by atoms with E-state index in [9.17, 15) is 0 Å². The molecule has 0 spiro atoms. The van der Waals surface area contributed by atoms with Crippen molar-refractivity contribution in [2.45, 2.75) is 0 Å². The van der Waals surface area contributed by atoms with Gasteiger partial charge >= 0.3 is 0 Å². The van der Waals surface area contributed by atoms with Crippen LogP contribution in [0.4, 0.5) is 0 Å². The van der Waals surface area contributed by atoms with Gasteiger partial charge in [0.15, 0.2) is 0 Å². The molecule has 0 fully saturated rings. The Morgan fingerprint density at radius 3 is 1.47 bits per heavy atom. The Balaban J connectivity index is 2.81. The summed E-state index contributed by atoms with van der Waals surface area (Å²) in [6, 6.07) is 0. The van der Waals surface area contributed by atoms with Crippen LogP contribution in [0.1, 0.15) is 0 Å². The Kier molecular flexibility index (Phi) is 14.2. The molecule has 0 rings (SSSR count). The molecule has 0 aliphatic heterocycles. The van der Waals surface area contributed by atoms with Gasteiger partial charge < -0.3 is 18.9 Å². The first kappa shape index (κ1) is 15.1. The molecular weight excluding hydrogens is 224 g/mol. The Morgan fingerprint density at radius 2 is 1.07 bits per heavy atom. The minimum absolute atomic E-state index is 0.391. The molecule has 0 atom stereocenters. The van der Waals surface area contributed by atoms with E-state index in [2.05, 4.69) is 4.29 Å². The van der Waals surface area contributed by atoms with E-state index < -0.39 is 0 Å². The minimum Gasteiger partial charge on any atom is -0.382 e. The maximum absolute atomic E-state index is 5.23. The smallest absolute Gasteiger partial charge is 0.0916 e. The zero-order valence-corrected chi connectivity index (χ0v) is 9.83. The van der Waals surface area contributed by atoms with Crippen molar-refractivity contribution in [2.75, 3.05) is 60.0 Å². The highest BCUT2D eigenvalue weighted by molar-refractivity contribution is 6.07. The maximum Gasteiger partial charge on any atom is 0.0916 e. The third-order valence-electron chi connectivity index (χ3n) is 1.48. The lowest BCUT2D eigenvalue weighted by Gasteiger charge is -2.05. The van der Waals surface area contributed by atoms with Crippen molar-refractivity contribution in [3.05, 3.63) is 0 Å². The predicted octanol–water partition coefficient (Wildman–Crippen LogP) is 0.853. The molecule has 0 aliphatic carbocycles. The van der Waals surface area contributed by atoms with Crippen molar-refractivity contribution < 1.29 is 23.2 Å². The second kappa shape index (κ2) is 14.1. The van der Waals surface area contributed by atoms with Gasteiger partial charge in [0.2, 0.25) is 0 Å². The van der Waals surface area contributed by atoms with E-state index in [-0.39, 0.29) is 0 Å². The molecule has 15 heavy (non-hydrogen) atoms. The first-order chi connectivity index (χ1) is 7.41. The second-order valence-electron chi connectivity index (χ2n) is 2.64. The van der Waals surface area contributed by atoms with E-state index in [4.69, 9.17) is 30.8 Å². The van der Waals surface area contributed by atoms with Gasteiger partial charge in [0.25, 0.3) is 0 Å². The summed E-state index contributed by atoms with van der Waals surface area (Å²) in [7, 11) is 1.64. The van der Waals surface area contributed by atoms with Crippen LogP contribution < -0.4 is 0 Å². The Labute approximate surface area is 95.7 Å². The number of rotatable bonds is 12. The van der Waals surface area contributed by atoms with Gasteiger partial charge in [0.1, 0.15) is 0 Å². The van der Waals surface area contributed by atoms with Crippen molar-refractivity contribution in [3.63, 3.8) is 0 Å². The summed E-state index contributed by atoms with van der Waals surface area (Å²) in [5.74, 6) is 0. The van der Waals surface area contributed by atoms with E-state index in [1.54, 1.807) is 7.11 Å². The average Bonchev–Trinajstić information content (AvgIpc) is 2.26. The number of methoxy groups -OCH3 is 1. The van der Waals surface area contributed by atoms with Crippen LogP contribution in [0.15, 0.2) is 0 Å². The lowest BCUT2D eigenvalue weighted by Crippen LogP contribution is -2.12. The van der Waals surface area contributed by atoms with Crippen LogP contribution in [-0.2, 0) is 23.2 Å². The molecule has 6 heteroatoms. The molecule has 5 nitrogen and oxygen atoms in total. The fraction of sp³-hybridized carbons (Fsp3) is 1.00. The van der Waals surface area contributed by atoms with E-state index in [0.29, 0.717) is 52.9 Å². The van der Waals surface area contributed by atoms with Crippen LogP contribution in [0.2, 0.25) is 0 Å². The third kappa shape index (κ3) is 14.1. The van der Waals surface area contributed by atoms with E-state index in [1.165, 1.54) is 0 Å². The summed E-state index contributed by atoms with van der Waals surface area (Å²) in [6.45, 7) is 4.32. The molecule has 0 aromatic carbocycles. The van der Waals surface area contributed by atoms with Crippen molar-refractivity contribution in [1.82, 2.24) is 0 Å². The molecule has 0 amide bonds. The fourth-order valence-corrected chi connectivity index (χ4v) is 0.838.